The number of hydrogen-bond acceptors (Lipinski definition) is 3. The van der Waals surface area contributed by atoms with E-state index in [0.717, 1.165) is 18.4 Å². The maximum absolute atomic E-state index is 12.6. The van der Waals surface area contributed by atoms with Gasteiger partial charge in [-0.1, -0.05) is 13.3 Å². The zero-order chi connectivity index (χ0) is 15.2. The molecule has 2 aromatic rings. The van der Waals surface area contributed by atoms with Gasteiger partial charge in [-0.15, -0.1) is 0 Å². The molecule has 0 aliphatic heterocycles. The van der Waals surface area contributed by atoms with Gasteiger partial charge in [-0.2, -0.15) is 13.2 Å². The second-order valence-corrected chi connectivity index (χ2v) is 4.33. The number of benzene rings is 1. The Hall–Kier alpha value is -2.37. The van der Waals surface area contributed by atoms with Crippen LogP contribution in [-0.2, 0) is 6.42 Å². The Morgan fingerprint density at radius 3 is 2.19 bits per heavy atom. The molecule has 0 amide bonds. The number of rotatable bonds is 5. The summed E-state index contributed by atoms with van der Waals surface area (Å²) in [5.74, 6) is 0.487. The van der Waals surface area contributed by atoms with E-state index in [2.05, 4.69) is 21.6 Å². The highest BCUT2D eigenvalue weighted by atomic mass is 19.3. The van der Waals surface area contributed by atoms with Crippen LogP contribution in [0, 0.1) is 0 Å². The topological polar surface area (TPSA) is 35.0 Å². The van der Waals surface area contributed by atoms with Crippen molar-refractivity contribution in [2.24, 2.45) is 0 Å². The third-order valence-electron chi connectivity index (χ3n) is 2.71. The van der Waals surface area contributed by atoms with Crippen LogP contribution in [0.2, 0.25) is 0 Å². The van der Waals surface area contributed by atoms with Crippen molar-refractivity contribution in [2.45, 2.75) is 19.8 Å². The highest BCUT2D eigenvalue weighted by molar-refractivity contribution is 5.56. The quantitative estimate of drug-likeness (QED) is 0.761. The Labute approximate surface area is 120 Å². The molecule has 2 rings (SSSR count). The van der Waals surface area contributed by atoms with Crippen LogP contribution in [0.1, 0.15) is 18.9 Å². The molecule has 1 heterocycles. The van der Waals surface area contributed by atoms with Gasteiger partial charge < -0.3 is 4.74 Å². The zero-order valence-electron chi connectivity index (χ0n) is 11.3. The molecule has 0 atom stereocenters. The lowest BCUT2D eigenvalue weighted by Gasteiger charge is -2.04. The van der Waals surface area contributed by atoms with E-state index < -0.39 is 12.1 Å². The van der Waals surface area contributed by atoms with Crippen molar-refractivity contribution < 1.29 is 17.9 Å². The van der Waals surface area contributed by atoms with E-state index in [9.17, 15) is 13.2 Å². The summed E-state index contributed by atoms with van der Waals surface area (Å²) in [6, 6.07) is 4.01. The van der Waals surface area contributed by atoms with Crippen LogP contribution in [-0.4, -0.2) is 9.97 Å². The van der Waals surface area contributed by atoms with Gasteiger partial charge in [-0.25, -0.2) is 9.97 Å². The maximum Gasteiger partial charge on any atom is 0.344 e. The fraction of sp³-hybridized carbons (Fsp3) is 0.200. The minimum absolute atomic E-state index is 0.0216. The Balaban J connectivity index is 2.13. The van der Waals surface area contributed by atoms with E-state index in [-0.39, 0.29) is 5.75 Å². The summed E-state index contributed by atoms with van der Waals surface area (Å²) >= 11 is 0. The predicted molar refractivity (Wildman–Crippen MR) is 72.4 cm³/mol. The Kier molecular flexibility index (Phi) is 4.92. The van der Waals surface area contributed by atoms with E-state index in [4.69, 9.17) is 0 Å². The fourth-order valence-corrected chi connectivity index (χ4v) is 1.74. The molecule has 0 fully saturated rings. The van der Waals surface area contributed by atoms with Crippen molar-refractivity contribution >= 4 is 0 Å². The lowest BCUT2D eigenvalue weighted by molar-refractivity contribution is 0.241. The standard InChI is InChI=1S/C15H13F3N2O/c1-2-3-10-8-19-15(20-9-10)11-4-6-12(7-5-11)21-14(18)13(16)17/h4-9H,2-3H2,1H3. The summed E-state index contributed by atoms with van der Waals surface area (Å²) in [5.41, 5.74) is 1.74. The number of nitrogens with zero attached hydrogens (tertiary/aromatic N) is 2. The third-order valence-corrected chi connectivity index (χ3v) is 2.71. The molecule has 0 aliphatic carbocycles. The van der Waals surface area contributed by atoms with Crippen LogP contribution in [0.4, 0.5) is 13.2 Å². The zero-order valence-corrected chi connectivity index (χ0v) is 11.3. The van der Waals surface area contributed by atoms with Gasteiger partial charge in [0.25, 0.3) is 0 Å². The van der Waals surface area contributed by atoms with E-state index in [1.54, 1.807) is 24.5 Å². The van der Waals surface area contributed by atoms with Gasteiger partial charge in [-0.3, -0.25) is 0 Å². The van der Waals surface area contributed by atoms with Crippen LogP contribution in [0.25, 0.3) is 11.4 Å². The van der Waals surface area contributed by atoms with Gasteiger partial charge >= 0.3 is 12.1 Å². The van der Waals surface area contributed by atoms with E-state index >= 15 is 0 Å². The summed E-state index contributed by atoms with van der Waals surface area (Å²) in [6.07, 6.45) is 2.93. The van der Waals surface area contributed by atoms with Gasteiger partial charge in [0.15, 0.2) is 5.82 Å². The van der Waals surface area contributed by atoms with Crippen molar-refractivity contribution in [1.82, 2.24) is 9.97 Å². The molecule has 21 heavy (non-hydrogen) atoms. The summed E-state index contributed by atoms with van der Waals surface area (Å²) in [7, 11) is 0. The Bertz CT molecular complexity index is 620. The average molecular weight is 294 g/mol. The average Bonchev–Trinajstić information content (AvgIpc) is 2.49. The normalized spacial score (nSPS) is 10.3. The second-order valence-electron chi connectivity index (χ2n) is 4.33. The third kappa shape index (κ3) is 4.05. The van der Waals surface area contributed by atoms with E-state index in [0.29, 0.717) is 11.4 Å². The minimum atomic E-state index is -2.49. The van der Waals surface area contributed by atoms with Crippen LogP contribution in [0.5, 0.6) is 5.75 Å². The summed E-state index contributed by atoms with van der Waals surface area (Å²) in [6.45, 7) is 2.07. The molecule has 6 heteroatoms. The van der Waals surface area contributed by atoms with E-state index in [1.165, 1.54) is 12.1 Å². The smallest absolute Gasteiger partial charge is 0.344 e. The van der Waals surface area contributed by atoms with Crippen molar-refractivity contribution in [3.05, 3.63) is 54.3 Å². The number of aromatic nitrogens is 2. The SMILES string of the molecule is CCCc1cnc(-c2ccc(OC(F)=C(F)F)cc2)nc1. The first-order chi connectivity index (χ1) is 10.1. The van der Waals surface area contributed by atoms with Gasteiger partial charge in [0.05, 0.1) is 0 Å². The first-order valence-corrected chi connectivity index (χ1v) is 6.40. The molecule has 0 unspecified atom stereocenters. The lowest BCUT2D eigenvalue weighted by atomic mass is 10.2. The number of ether oxygens (including phenoxy) is 1. The van der Waals surface area contributed by atoms with Crippen LogP contribution in [0.3, 0.4) is 0 Å². The molecule has 0 saturated carbocycles. The summed E-state index contributed by atoms with van der Waals surface area (Å²) < 4.78 is 40.8. The molecular weight excluding hydrogens is 281 g/mol. The monoisotopic (exact) mass is 294 g/mol. The molecule has 0 aliphatic rings. The van der Waals surface area contributed by atoms with Crippen LogP contribution < -0.4 is 4.74 Å². The van der Waals surface area contributed by atoms with Gasteiger partial charge in [0.2, 0.25) is 0 Å². The van der Waals surface area contributed by atoms with Crippen molar-refractivity contribution in [2.75, 3.05) is 0 Å². The van der Waals surface area contributed by atoms with Crippen LogP contribution >= 0.6 is 0 Å². The van der Waals surface area contributed by atoms with Gasteiger partial charge in [0, 0.05) is 18.0 Å². The van der Waals surface area contributed by atoms with Gasteiger partial charge in [-0.05, 0) is 36.2 Å². The van der Waals surface area contributed by atoms with Crippen molar-refractivity contribution in [3.8, 4) is 17.1 Å². The largest absolute Gasteiger partial charge is 0.428 e. The summed E-state index contributed by atoms with van der Waals surface area (Å²) in [5, 5.41) is 0. The van der Waals surface area contributed by atoms with Crippen LogP contribution in [0.15, 0.2) is 48.8 Å². The molecule has 0 N–H and O–H groups in total. The highest BCUT2D eigenvalue weighted by Gasteiger charge is 2.08. The number of hydrogen-bond donors (Lipinski definition) is 0. The Morgan fingerprint density at radius 1 is 1.05 bits per heavy atom. The molecule has 0 saturated heterocycles. The molecule has 0 radical (unpaired) electrons. The number of aryl methyl sites for hydroxylation is 1. The number of halogens is 3. The van der Waals surface area contributed by atoms with Crippen molar-refractivity contribution in [1.29, 1.82) is 0 Å². The molecule has 0 spiro atoms. The molecule has 3 nitrogen and oxygen atoms in total. The first kappa shape index (κ1) is 15.0. The second kappa shape index (κ2) is 6.88. The molecule has 1 aromatic carbocycles. The maximum atomic E-state index is 12.6. The molecule has 0 bridgehead atoms. The fourth-order valence-electron chi connectivity index (χ4n) is 1.74. The highest BCUT2D eigenvalue weighted by Crippen LogP contribution is 2.22. The van der Waals surface area contributed by atoms with E-state index in [1.807, 2.05) is 0 Å². The summed E-state index contributed by atoms with van der Waals surface area (Å²) in [4.78, 5) is 8.46. The Morgan fingerprint density at radius 2 is 1.67 bits per heavy atom. The van der Waals surface area contributed by atoms with Crippen molar-refractivity contribution in [3.63, 3.8) is 0 Å². The molecular formula is C15H13F3N2O. The van der Waals surface area contributed by atoms with Gasteiger partial charge in [0.1, 0.15) is 5.75 Å². The first-order valence-electron chi connectivity index (χ1n) is 6.40. The molecule has 1 aromatic heterocycles. The minimum Gasteiger partial charge on any atom is -0.428 e. The predicted octanol–water partition coefficient (Wildman–Crippen LogP) is 4.51. The molecule has 110 valence electrons. The lowest BCUT2D eigenvalue weighted by Crippen LogP contribution is -1.93.